The molecule has 0 saturated carbocycles. The number of carbonyl (C=O) groups excluding carboxylic acids is 1. The van der Waals surface area contributed by atoms with Gasteiger partial charge in [0.15, 0.2) is 0 Å². The van der Waals surface area contributed by atoms with Crippen molar-refractivity contribution in [2.75, 3.05) is 19.8 Å². The molecule has 0 bridgehead atoms. The molecule has 20 heavy (non-hydrogen) atoms. The summed E-state index contributed by atoms with van der Waals surface area (Å²) in [5.74, 6) is 0.304. The quantitative estimate of drug-likeness (QED) is 0.811. The Kier molecular flexibility index (Phi) is 6.02. The summed E-state index contributed by atoms with van der Waals surface area (Å²) in [5, 5.41) is 0. The molecule has 110 valence electrons. The number of rotatable bonds is 6. The zero-order chi connectivity index (χ0) is 14.2. The molecule has 1 aromatic rings. The van der Waals surface area contributed by atoms with Gasteiger partial charge < -0.3 is 15.2 Å². The van der Waals surface area contributed by atoms with Crippen molar-refractivity contribution in [2.24, 2.45) is 11.7 Å². The molecule has 0 aromatic heterocycles. The standard InChI is InChI=1S/C16H23NO3/c17-15(14-4-2-1-3-5-14)6-7-16(18)20-12-13-8-10-19-11-9-13/h1-5,13,15H,6-12,17H2. The van der Waals surface area contributed by atoms with Crippen molar-refractivity contribution in [3.05, 3.63) is 35.9 Å². The minimum absolute atomic E-state index is 0.105. The lowest BCUT2D eigenvalue weighted by atomic mass is 10.0. The predicted molar refractivity (Wildman–Crippen MR) is 77.1 cm³/mol. The highest BCUT2D eigenvalue weighted by molar-refractivity contribution is 5.69. The first kappa shape index (κ1) is 15.0. The molecule has 1 aliphatic rings. The summed E-state index contributed by atoms with van der Waals surface area (Å²) in [6.07, 6.45) is 2.96. The second-order valence-electron chi connectivity index (χ2n) is 5.29. The van der Waals surface area contributed by atoms with E-state index in [1.807, 2.05) is 30.3 Å². The molecule has 4 heteroatoms. The molecule has 0 aliphatic carbocycles. The molecule has 1 fully saturated rings. The summed E-state index contributed by atoms with van der Waals surface area (Å²) in [4.78, 5) is 11.7. The van der Waals surface area contributed by atoms with E-state index in [-0.39, 0.29) is 12.0 Å². The first-order chi connectivity index (χ1) is 9.75. The van der Waals surface area contributed by atoms with E-state index in [0.29, 0.717) is 25.4 Å². The van der Waals surface area contributed by atoms with Crippen molar-refractivity contribution in [3.8, 4) is 0 Å². The van der Waals surface area contributed by atoms with E-state index in [1.165, 1.54) is 0 Å². The van der Waals surface area contributed by atoms with Gasteiger partial charge >= 0.3 is 5.97 Å². The maximum absolute atomic E-state index is 11.7. The van der Waals surface area contributed by atoms with Crippen LogP contribution in [0, 0.1) is 5.92 Å². The number of benzene rings is 1. The molecule has 1 aliphatic heterocycles. The van der Waals surface area contributed by atoms with Gasteiger partial charge in [0.05, 0.1) is 6.61 Å². The van der Waals surface area contributed by atoms with Gasteiger partial charge in [-0.15, -0.1) is 0 Å². The minimum Gasteiger partial charge on any atom is -0.465 e. The number of hydrogen-bond acceptors (Lipinski definition) is 4. The summed E-state index contributed by atoms with van der Waals surface area (Å²) >= 11 is 0. The van der Waals surface area contributed by atoms with E-state index in [9.17, 15) is 4.79 Å². The summed E-state index contributed by atoms with van der Waals surface area (Å²) in [7, 11) is 0. The Morgan fingerprint density at radius 2 is 2.00 bits per heavy atom. The second-order valence-corrected chi connectivity index (χ2v) is 5.29. The number of nitrogens with two attached hydrogens (primary N) is 1. The Labute approximate surface area is 120 Å². The van der Waals surface area contributed by atoms with Crippen LogP contribution in [0.4, 0.5) is 0 Å². The van der Waals surface area contributed by atoms with Crippen LogP contribution in [0.5, 0.6) is 0 Å². The molecule has 1 aromatic carbocycles. The number of esters is 1. The lowest BCUT2D eigenvalue weighted by Gasteiger charge is -2.21. The van der Waals surface area contributed by atoms with E-state index in [2.05, 4.69) is 0 Å². The highest BCUT2D eigenvalue weighted by atomic mass is 16.5. The van der Waals surface area contributed by atoms with Gasteiger partial charge in [0.2, 0.25) is 0 Å². The third-order valence-corrected chi connectivity index (χ3v) is 3.71. The fourth-order valence-corrected chi connectivity index (χ4v) is 2.34. The van der Waals surface area contributed by atoms with Gasteiger partial charge in [0.25, 0.3) is 0 Å². The van der Waals surface area contributed by atoms with Crippen molar-refractivity contribution in [1.29, 1.82) is 0 Å². The van der Waals surface area contributed by atoms with Crippen LogP contribution in [0.15, 0.2) is 30.3 Å². The van der Waals surface area contributed by atoms with E-state index < -0.39 is 0 Å². The Balaban J connectivity index is 1.64. The van der Waals surface area contributed by atoms with Crippen molar-refractivity contribution in [1.82, 2.24) is 0 Å². The van der Waals surface area contributed by atoms with Gasteiger partial charge in [-0.2, -0.15) is 0 Å². The van der Waals surface area contributed by atoms with Crippen LogP contribution in [0.1, 0.15) is 37.3 Å². The first-order valence-electron chi connectivity index (χ1n) is 7.29. The van der Waals surface area contributed by atoms with Crippen LogP contribution in [0.3, 0.4) is 0 Å². The SMILES string of the molecule is NC(CCC(=O)OCC1CCOCC1)c1ccccc1. The maximum atomic E-state index is 11.7. The highest BCUT2D eigenvalue weighted by Crippen LogP contribution is 2.17. The molecule has 1 heterocycles. The van der Waals surface area contributed by atoms with Crippen LogP contribution in [-0.2, 0) is 14.3 Å². The number of hydrogen-bond donors (Lipinski definition) is 1. The Hall–Kier alpha value is -1.39. The minimum atomic E-state index is -0.150. The van der Waals surface area contributed by atoms with Crippen LogP contribution in [0.25, 0.3) is 0 Å². The molecule has 0 radical (unpaired) electrons. The predicted octanol–water partition coefficient (Wildman–Crippen LogP) is 2.44. The first-order valence-corrected chi connectivity index (χ1v) is 7.29. The molecule has 0 spiro atoms. The molecule has 2 rings (SSSR count). The van der Waals surface area contributed by atoms with Gasteiger partial charge in [-0.25, -0.2) is 0 Å². The molecular formula is C16H23NO3. The molecule has 1 atom stereocenters. The number of carbonyl (C=O) groups is 1. The molecule has 1 unspecified atom stereocenters. The third kappa shape index (κ3) is 4.94. The number of ether oxygens (including phenoxy) is 2. The highest BCUT2D eigenvalue weighted by Gasteiger charge is 2.16. The fourth-order valence-electron chi connectivity index (χ4n) is 2.34. The second kappa shape index (κ2) is 8.02. The Morgan fingerprint density at radius 3 is 2.70 bits per heavy atom. The maximum Gasteiger partial charge on any atom is 0.305 e. The van der Waals surface area contributed by atoms with Gasteiger partial charge in [0, 0.05) is 25.7 Å². The van der Waals surface area contributed by atoms with E-state index in [0.717, 1.165) is 31.6 Å². The summed E-state index contributed by atoms with van der Waals surface area (Å²) in [6.45, 7) is 2.07. The smallest absolute Gasteiger partial charge is 0.305 e. The van der Waals surface area contributed by atoms with Crippen LogP contribution in [0.2, 0.25) is 0 Å². The Bertz CT molecular complexity index is 401. The van der Waals surface area contributed by atoms with E-state index >= 15 is 0 Å². The average Bonchev–Trinajstić information content (AvgIpc) is 2.52. The summed E-state index contributed by atoms with van der Waals surface area (Å²) in [6, 6.07) is 9.73. The van der Waals surface area contributed by atoms with Gasteiger partial charge in [-0.1, -0.05) is 30.3 Å². The van der Waals surface area contributed by atoms with Crippen LogP contribution < -0.4 is 5.73 Å². The monoisotopic (exact) mass is 277 g/mol. The van der Waals surface area contributed by atoms with Gasteiger partial charge in [-0.3, -0.25) is 4.79 Å². The molecule has 1 saturated heterocycles. The lowest BCUT2D eigenvalue weighted by Crippen LogP contribution is -2.22. The lowest BCUT2D eigenvalue weighted by molar-refractivity contribution is -0.146. The summed E-state index contributed by atoms with van der Waals surface area (Å²) < 4.78 is 10.6. The van der Waals surface area contributed by atoms with Crippen molar-refractivity contribution in [3.63, 3.8) is 0 Å². The van der Waals surface area contributed by atoms with Crippen molar-refractivity contribution >= 4 is 5.97 Å². The summed E-state index contributed by atoms with van der Waals surface area (Å²) in [5.41, 5.74) is 7.12. The van der Waals surface area contributed by atoms with Crippen molar-refractivity contribution < 1.29 is 14.3 Å². The largest absolute Gasteiger partial charge is 0.465 e. The fraction of sp³-hybridized carbons (Fsp3) is 0.562. The molecule has 4 nitrogen and oxygen atoms in total. The van der Waals surface area contributed by atoms with E-state index in [1.54, 1.807) is 0 Å². The zero-order valence-corrected chi connectivity index (χ0v) is 11.8. The van der Waals surface area contributed by atoms with Crippen LogP contribution >= 0.6 is 0 Å². The van der Waals surface area contributed by atoms with Crippen molar-refractivity contribution in [2.45, 2.75) is 31.7 Å². The normalized spacial score (nSPS) is 17.6. The van der Waals surface area contributed by atoms with E-state index in [4.69, 9.17) is 15.2 Å². The van der Waals surface area contributed by atoms with Crippen LogP contribution in [-0.4, -0.2) is 25.8 Å². The topological polar surface area (TPSA) is 61.6 Å². The third-order valence-electron chi connectivity index (χ3n) is 3.71. The Morgan fingerprint density at radius 1 is 1.30 bits per heavy atom. The van der Waals surface area contributed by atoms with Gasteiger partial charge in [0.1, 0.15) is 0 Å². The average molecular weight is 277 g/mol. The molecule has 0 amide bonds. The molecular weight excluding hydrogens is 254 g/mol. The zero-order valence-electron chi connectivity index (χ0n) is 11.8. The molecule has 2 N–H and O–H groups in total. The van der Waals surface area contributed by atoms with Gasteiger partial charge in [-0.05, 0) is 30.7 Å².